The van der Waals surface area contributed by atoms with Gasteiger partial charge in [-0.1, -0.05) is 42.9 Å². The lowest BCUT2D eigenvalue weighted by atomic mass is 9.94. The van der Waals surface area contributed by atoms with Gasteiger partial charge in [0.25, 0.3) is 11.2 Å². The summed E-state index contributed by atoms with van der Waals surface area (Å²) >= 11 is 1.26. The number of aromatic nitrogens is 1. The van der Waals surface area contributed by atoms with Gasteiger partial charge in [0.1, 0.15) is 12.4 Å². The monoisotopic (exact) mass is 627 g/mol. The van der Waals surface area contributed by atoms with Gasteiger partial charge in [-0.3, -0.25) is 19.5 Å². The van der Waals surface area contributed by atoms with Crippen LogP contribution in [0.5, 0.6) is 17.2 Å². The average molecular weight is 628 g/mol. The van der Waals surface area contributed by atoms with Crippen LogP contribution in [0.1, 0.15) is 49.4 Å². The van der Waals surface area contributed by atoms with E-state index < -0.39 is 16.9 Å². The van der Waals surface area contributed by atoms with Gasteiger partial charge in [0.2, 0.25) is 6.79 Å². The molecule has 230 valence electrons. The number of allylic oxidation sites excluding steroid dienone is 1. The van der Waals surface area contributed by atoms with Crippen molar-refractivity contribution in [3.05, 3.63) is 124 Å². The van der Waals surface area contributed by atoms with E-state index in [0.717, 1.165) is 17.5 Å². The van der Waals surface area contributed by atoms with E-state index in [-0.39, 0.29) is 31.3 Å². The molecule has 1 unspecified atom stereocenters. The van der Waals surface area contributed by atoms with E-state index in [4.69, 9.17) is 23.9 Å². The number of rotatable bonds is 10. The van der Waals surface area contributed by atoms with Gasteiger partial charge in [-0.2, -0.15) is 0 Å². The van der Waals surface area contributed by atoms with Crippen LogP contribution in [0.3, 0.4) is 0 Å². The van der Waals surface area contributed by atoms with E-state index >= 15 is 0 Å². The molecule has 45 heavy (non-hydrogen) atoms. The van der Waals surface area contributed by atoms with E-state index in [1.807, 2.05) is 25.1 Å². The number of hydrogen-bond donors (Lipinski definition) is 0. The Morgan fingerprint density at radius 1 is 1.09 bits per heavy atom. The number of hydrogen-bond acceptors (Lipinski definition) is 10. The van der Waals surface area contributed by atoms with Crippen molar-refractivity contribution in [2.75, 3.05) is 13.4 Å². The summed E-state index contributed by atoms with van der Waals surface area (Å²) < 4.78 is 24.4. The number of nitrogens with zero attached hydrogens (tertiary/aromatic N) is 3. The number of fused-ring (bicyclic) bond motifs is 2. The summed E-state index contributed by atoms with van der Waals surface area (Å²) in [7, 11) is 0. The fraction of sp³-hybridized carbons (Fsp3) is 0.242. The minimum Gasteiger partial charge on any atom is -0.489 e. The van der Waals surface area contributed by atoms with Gasteiger partial charge in [-0.05, 0) is 72.5 Å². The zero-order valence-electron chi connectivity index (χ0n) is 24.6. The minimum atomic E-state index is -0.756. The first-order valence-electron chi connectivity index (χ1n) is 14.4. The molecule has 0 amide bonds. The third kappa shape index (κ3) is 6.09. The van der Waals surface area contributed by atoms with E-state index in [0.29, 0.717) is 49.8 Å². The Morgan fingerprint density at radius 2 is 1.84 bits per heavy atom. The number of carbonyl (C=O) groups is 1. The smallest absolute Gasteiger partial charge is 0.338 e. The predicted octanol–water partition coefficient (Wildman–Crippen LogP) is 4.79. The molecular weight excluding hydrogens is 598 g/mol. The van der Waals surface area contributed by atoms with Gasteiger partial charge in [0.15, 0.2) is 16.3 Å². The van der Waals surface area contributed by atoms with Crippen LogP contribution in [-0.2, 0) is 16.1 Å². The van der Waals surface area contributed by atoms with Crippen LogP contribution in [0.25, 0.3) is 6.08 Å². The van der Waals surface area contributed by atoms with Crippen LogP contribution in [0.4, 0.5) is 5.69 Å². The molecule has 1 aromatic heterocycles. The molecule has 0 bridgehead atoms. The predicted molar refractivity (Wildman–Crippen MR) is 166 cm³/mol. The largest absolute Gasteiger partial charge is 0.489 e. The van der Waals surface area contributed by atoms with Gasteiger partial charge in [0, 0.05) is 12.1 Å². The van der Waals surface area contributed by atoms with Crippen molar-refractivity contribution in [3.8, 4) is 17.2 Å². The Labute approximate surface area is 261 Å². The molecule has 2 aliphatic heterocycles. The van der Waals surface area contributed by atoms with Crippen LogP contribution in [0.15, 0.2) is 87.8 Å². The first-order chi connectivity index (χ1) is 21.9. The maximum Gasteiger partial charge on any atom is 0.338 e. The number of carbonyl (C=O) groups excluding carboxylic acids is 1. The van der Waals surface area contributed by atoms with E-state index in [1.54, 1.807) is 54.0 Å². The average Bonchev–Trinajstić information content (AvgIpc) is 3.64. The first kappa shape index (κ1) is 29.8. The second kappa shape index (κ2) is 12.8. The molecule has 4 aromatic rings. The van der Waals surface area contributed by atoms with Crippen molar-refractivity contribution in [2.45, 2.75) is 39.3 Å². The third-order valence-electron chi connectivity index (χ3n) is 7.34. The van der Waals surface area contributed by atoms with Crippen molar-refractivity contribution < 1.29 is 28.7 Å². The molecule has 0 N–H and O–H groups in total. The van der Waals surface area contributed by atoms with Crippen LogP contribution >= 0.6 is 11.3 Å². The summed E-state index contributed by atoms with van der Waals surface area (Å²) in [6.45, 7) is 4.29. The fourth-order valence-electron chi connectivity index (χ4n) is 5.21. The van der Waals surface area contributed by atoms with Crippen molar-refractivity contribution in [2.24, 2.45) is 4.99 Å². The highest BCUT2D eigenvalue weighted by Crippen LogP contribution is 2.39. The topological polar surface area (TPSA) is 131 Å². The molecule has 0 saturated carbocycles. The van der Waals surface area contributed by atoms with Crippen LogP contribution in [0.2, 0.25) is 0 Å². The first-order valence-corrected chi connectivity index (χ1v) is 15.3. The quantitative estimate of drug-likeness (QED) is 0.139. The zero-order valence-corrected chi connectivity index (χ0v) is 25.4. The summed E-state index contributed by atoms with van der Waals surface area (Å²) in [6, 6.07) is 18.1. The minimum absolute atomic E-state index is 0.0225. The Bertz CT molecular complexity index is 1980. The number of nitro benzene ring substituents is 1. The summed E-state index contributed by atoms with van der Waals surface area (Å²) in [5.74, 6) is 1.24. The molecular formula is C33H29N3O8S. The molecule has 0 radical (unpaired) electrons. The van der Waals surface area contributed by atoms with E-state index in [1.165, 1.54) is 23.5 Å². The number of non-ortho nitro benzene ring substituents is 1. The molecule has 3 aromatic carbocycles. The number of thiazole rings is 1. The molecule has 0 spiro atoms. The number of nitro groups is 1. The maximum atomic E-state index is 14.0. The lowest BCUT2D eigenvalue weighted by Gasteiger charge is -2.25. The molecule has 12 heteroatoms. The second-order valence-corrected chi connectivity index (χ2v) is 11.3. The van der Waals surface area contributed by atoms with Gasteiger partial charge in [0.05, 0.1) is 33.4 Å². The van der Waals surface area contributed by atoms with Crippen LogP contribution in [-0.4, -0.2) is 28.9 Å². The Kier molecular flexibility index (Phi) is 8.47. The van der Waals surface area contributed by atoms with Crippen molar-refractivity contribution in [3.63, 3.8) is 0 Å². The van der Waals surface area contributed by atoms with Crippen molar-refractivity contribution >= 4 is 29.1 Å². The van der Waals surface area contributed by atoms with Gasteiger partial charge in [-0.25, -0.2) is 9.79 Å². The highest BCUT2D eigenvalue weighted by molar-refractivity contribution is 7.07. The standard InChI is InChI=1S/C33H29N3O8S/c1-3-5-25-29(32(38)41-4-2)30(22-10-15-26-27(17-22)44-19-43-26)35-31(37)28(45-33(35)34-25)16-20-8-13-24(14-9-20)42-18-21-6-11-23(12-7-21)36(39)40/h6-17,30H,3-5,18-19H2,1-2H3/b28-16-. The third-order valence-corrected chi connectivity index (χ3v) is 8.32. The molecule has 6 rings (SSSR count). The molecule has 0 aliphatic carbocycles. The summed E-state index contributed by atoms with van der Waals surface area (Å²) in [6.07, 6.45) is 3.08. The van der Waals surface area contributed by atoms with Crippen molar-refractivity contribution in [1.82, 2.24) is 4.57 Å². The van der Waals surface area contributed by atoms with Crippen molar-refractivity contribution in [1.29, 1.82) is 0 Å². The molecule has 2 aliphatic rings. The van der Waals surface area contributed by atoms with Crippen LogP contribution < -0.4 is 29.1 Å². The molecule has 11 nitrogen and oxygen atoms in total. The van der Waals surface area contributed by atoms with Gasteiger partial charge in [-0.15, -0.1) is 0 Å². The summed E-state index contributed by atoms with van der Waals surface area (Å²) in [4.78, 5) is 43.1. The number of benzene rings is 3. The Morgan fingerprint density at radius 3 is 2.56 bits per heavy atom. The Balaban J connectivity index is 1.34. The fourth-order valence-corrected chi connectivity index (χ4v) is 6.23. The Hall–Kier alpha value is -5.23. The summed E-state index contributed by atoms with van der Waals surface area (Å²) in [5.41, 5.74) is 2.94. The highest BCUT2D eigenvalue weighted by atomic mass is 32.1. The molecule has 0 fully saturated rings. The van der Waals surface area contributed by atoms with Crippen LogP contribution in [0, 0.1) is 10.1 Å². The van der Waals surface area contributed by atoms with Gasteiger partial charge < -0.3 is 18.9 Å². The second-order valence-electron chi connectivity index (χ2n) is 10.3. The molecule has 1 atom stereocenters. The summed E-state index contributed by atoms with van der Waals surface area (Å²) in [5, 5.41) is 10.9. The molecule has 3 heterocycles. The molecule has 0 saturated heterocycles. The number of esters is 1. The van der Waals surface area contributed by atoms with Gasteiger partial charge >= 0.3 is 5.97 Å². The lowest BCUT2D eigenvalue weighted by molar-refractivity contribution is -0.384. The SMILES string of the molecule is CCCC1=C(C(=O)OCC)C(c2ccc3c(c2)OCO3)n2c(s/c(=C\c3ccc(OCc4ccc([N+](=O)[O-])cc4)cc3)c2=O)=N1. The lowest BCUT2D eigenvalue weighted by Crippen LogP contribution is -2.40. The van der Waals surface area contributed by atoms with E-state index in [9.17, 15) is 19.7 Å². The normalized spacial score (nSPS) is 15.4. The highest BCUT2D eigenvalue weighted by Gasteiger charge is 2.35. The number of ether oxygens (including phenoxy) is 4. The zero-order chi connectivity index (χ0) is 31.5. The maximum absolute atomic E-state index is 14.0. The van der Waals surface area contributed by atoms with E-state index in [2.05, 4.69) is 0 Å².